The zero-order valence-corrected chi connectivity index (χ0v) is 12.3. The quantitative estimate of drug-likeness (QED) is 0.795. The van der Waals surface area contributed by atoms with Gasteiger partial charge in [-0.05, 0) is 59.7 Å². The zero-order valence-electron chi connectivity index (χ0n) is 12.3. The zero-order chi connectivity index (χ0) is 16.0. The normalized spacial score (nSPS) is 21.9. The van der Waals surface area contributed by atoms with Crippen LogP contribution >= 0.6 is 0 Å². The minimum atomic E-state index is -0.271. The molecule has 4 heteroatoms. The first kappa shape index (κ1) is 13.6. The first-order chi connectivity index (χ1) is 11.1. The van der Waals surface area contributed by atoms with Crippen LogP contribution in [0, 0.1) is 0 Å². The van der Waals surface area contributed by atoms with Crippen LogP contribution in [-0.4, -0.2) is 17.0 Å². The van der Waals surface area contributed by atoms with E-state index < -0.39 is 0 Å². The molecule has 2 aromatic carbocycles. The Labute approximate surface area is 133 Å². The summed E-state index contributed by atoms with van der Waals surface area (Å²) < 4.78 is 5.97. The van der Waals surface area contributed by atoms with Crippen molar-refractivity contribution >= 4 is 11.5 Å². The molecule has 2 aliphatic rings. The van der Waals surface area contributed by atoms with Gasteiger partial charge in [0.05, 0.1) is 0 Å². The minimum absolute atomic E-state index is 0.0519. The number of phenolic OH excluding ortho intramolecular Hbond substituents is 1. The van der Waals surface area contributed by atoms with Crippen LogP contribution in [0.15, 0.2) is 66.3 Å². The Bertz CT molecular complexity index is 849. The van der Waals surface area contributed by atoms with Crippen molar-refractivity contribution in [2.75, 3.05) is 5.73 Å². The largest absolute Gasteiger partial charge is 0.508 e. The van der Waals surface area contributed by atoms with Gasteiger partial charge < -0.3 is 15.6 Å². The van der Waals surface area contributed by atoms with Crippen molar-refractivity contribution in [1.29, 1.82) is 0 Å². The third-order valence-corrected chi connectivity index (χ3v) is 4.23. The fraction of sp³-hybridized carbons (Fsp3) is 0.105. The van der Waals surface area contributed by atoms with Crippen LogP contribution < -0.4 is 10.5 Å². The minimum Gasteiger partial charge on any atom is -0.508 e. The van der Waals surface area contributed by atoms with E-state index in [9.17, 15) is 9.90 Å². The molecule has 23 heavy (non-hydrogen) atoms. The Morgan fingerprint density at radius 1 is 1.09 bits per heavy atom. The average molecular weight is 305 g/mol. The number of nitrogens with two attached hydrogens (primary N) is 1. The SMILES string of the molecule is Nc1ccc(C2C3=CC(=O)C=CC3Oc3ccc(O)cc32)cc1. The molecule has 1 aliphatic heterocycles. The maximum absolute atomic E-state index is 11.8. The second-order valence-electron chi connectivity index (χ2n) is 5.77. The summed E-state index contributed by atoms with van der Waals surface area (Å²) in [6, 6.07) is 12.6. The lowest BCUT2D eigenvalue weighted by atomic mass is 9.78. The molecule has 0 saturated heterocycles. The smallest absolute Gasteiger partial charge is 0.178 e. The molecule has 4 nitrogen and oxygen atoms in total. The number of carbonyl (C=O) groups excluding carboxylic acids is 1. The molecule has 3 N–H and O–H groups in total. The Morgan fingerprint density at radius 2 is 1.87 bits per heavy atom. The molecule has 0 radical (unpaired) electrons. The van der Waals surface area contributed by atoms with E-state index in [1.54, 1.807) is 30.4 Å². The van der Waals surface area contributed by atoms with Crippen molar-refractivity contribution in [3.8, 4) is 11.5 Å². The van der Waals surface area contributed by atoms with Crippen LogP contribution in [0.2, 0.25) is 0 Å². The van der Waals surface area contributed by atoms with Crippen LogP contribution in [-0.2, 0) is 4.79 Å². The molecule has 4 rings (SSSR count). The van der Waals surface area contributed by atoms with Gasteiger partial charge in [-0.1, -0.05) is 12.1 Å². The fourth-order valence-corrected chi connectivity index (χ4v) is 3.19. The van der Waals surface area contributed by atoms with Gasteiger partial charge in [-0.25, -0.2) is 0 Å². The van der Waals surface area contributed by atoms with E-state index in [1.807, 2.05) is 24.3 Å². The van der Waals surface area contributed by atoms with Gasteiger partial charge >= 0.3 is 0 Å². The first-order valence-electron chi connectivity index (χ1n) is 7.40. The fourth-order valence-electron chi connectivity index (χ4n) is 3.19. The van der Waals surface area contributed by atoms with Gasteiger partial charge in [0.2, 0.25) is 0 Å². The maximum Gasteiger partial charge on any atom is 0.178 e. The van der Waals surface area contributed by atoms with Crippen molar-refractivity contribution in [2.45, 2.75) is 12.0 Å². The average Bonchev–Trinajstić information content (AvgIpc) is 2.54. The number of aromatic hydroxyl groups is 1. The van der Waals surface area contributed by atoms with Crippen molar-refractivity contribution in [2.24, 2.45) is 0 Å². The summed E-state index contributed by atoms with van der Waals surface area (Å²) in [5.41, 5.74) is 9.20. The molecule has 0 fully saturated rings. The molecule has 0 bridgehead atoms. The van der Waals surface area contributed by atoms with Crippen molar-refractivity contribution in [3.63, 3.8) is 0 Å². The van der Waals surface area contributed by atoms with E-state index >= 15 is 0 Å². The number of hydrogen-bond donors (Lipinski definition) is 2. The highest BCUT2D eigenvalue weighted by atomic mass is 16.5. The van der Waals surface area contributed by atoms with Crippen LogP contribution in [0.3, 0.4) is 0 Å². The van der Waals surface area contributed by atoms with Gasteiger partial charge in [-0.15, -0.1) is 0 Å². The lowest BCUT2D eigenvalue weighted by Gasteiger charge is -2.35. The number of hydrogen-bond acceptors (Lipinski definition) is 4. The van der Waals surface area contributed by atoms with E-state index in [1.165, 1.54) is 6.08 Å². The third-order valence-electron chi connectivity index (χ3n) is 4.23. The predicted octanol–water partition coefficient (Wildman–Crippen LogP) is 2.93. The van der Waals surface area contributed by atoms with Gasteiger partial charge in [0.1, 0.15) is 17.6 Å². The summed E-state index contributed by atoms with van der Waals surface area (Å²) >= 11 is 0. The molecule has 2 aromatic rings. The summed E-state index contributed by atoms with van der Waals surface area (Å²) in [7, 11) is 0. The molecule has 1 heterocycles. The number of phenols is 1. The van der Waals surface area contributed by atoms with Gasteiger partial charge in [-0.2, -0.15) is 0 Å². The summed E-state index contributed by atoms with van der Waals surface area (Å²) in [5, 5.41) is 9.87. The second-order valence-corrected chi connectivity index (χ2v) is 5.77. The lowest BCUT2D eigenvalue weighted by Crippen LogP contribution is -2.30. The molecule has 0 spiro atoms. The molecular weight excluding hydrogens is 290 g/mol. The summed E-state index contributed by atoms with van der Waals surface area (Å²) in [6.45, 7) is 0. The van der Waals surface area contributed by atoms with Gasteiger partial charge in [-0.3, -0.25) is 4.79 Å². The van der Waals surface area contributed by atoms with Crippen molar-refractivity contribution in [1.82, 2.24) is 0 Å². The van der Waals surface area contributed by atoms with Gasteiger partial charge in [0.25, 0.3) is 0 Å². The monoisotopic (exact) mass is 305 g/mol. The van der Waals surface area contributed by atoms with E-state index in [0.29, 0.717) is 11.4 Å². The third kappa shape index (κ3) is 2.28. The number of nitrogen functional groups attached to an aromatic ring is 1. The second kappa shape index (κ2) is 5.02. The molecule has 0 aromatic heterocycles. The van der Waals surface area contributed by atoms with E-state index in [0.717, 1.165) is 16.7 Å². The van der Waals surface area contributed by atoms with E-state index in [-0.39, 0.29) is 23.6 Å². The topological polar surface area (TPSA) is 72.6 Å². The molecular formula is C19H15NO3. The number of fused-ring (bicyclic) bond motifs is 2. The highest BCUT2D eigenvalue weighted by molar-refractivity contribution is 6.01. The number of anilines is 1. The Hall–Kier alpha value is -3.01. The van der Waals surface area contributed by atoms with E-state index in [2.05, 4.69) is 0 Å². The molecule has 0 saturated carbocycles. The summed E-state index contributed by atoms with van der Waals surface area (Å²) in [5.74, 6) is 0.685. The van der Waals surface area contributed by atoms with Gasteiger partial charge in [0.15, 0.2) is 5.78 Å². The Morgan fingerprint density at radius 3 is 2.65 bits per heavy atom. The molecule has 1 aliphatic carbocycles. The number of rotatable bonds is 1. The van der Waals surface area contributed by atoms with Crippen LogP contribution in [0.1, 0.15) is 17.0 Å². The molecule has 114 valence electrons. The molecule has 0 amide bonds. The Balaban J connectivity index is 1.93. The number of carbonyl (C=O) groups is 1. The standard InChI is InChI=1S/C19H15NO3/c20-12-3-1-11(2-4-12)19-15-9-13(21)5-7-17(15)23-18-8-6-14(22)10-16(18)19/h1-10,17,19,22H,20H2. The van der Waals surface area contributed by atoms with Crippen LogP contribution in [0.5, 0.6) is 11.5 Å². The van der Waals surface area contributed by atoms with Crippen molar-refractivity contribution < 1.29 is 14.6 Å². The summed E-state index contributed by atoms with van der Waals surface area (Å²) in [6.07, 6.45) is 4.66. The first-order valence-corrected chi connectivity index (χ1v) is 7.40. The van der Waals surface area contributed by atoms with Crippen LogP contribution in [0.4, 0.5) is 5.69 Å². The highest BCUT2D eigenvalue weighted by Gasteiger charge is 2.35. The molecule has 2 unspecified atom stereocenters. The number of allylic oxidation sites excluding steroid dienone is 2. The van der Waals surface area contributed by atoms with Crippen LogP contribution in [0.25, 0.3) is 0 Å². The molecule has 2 atom stereocenters. The Kier molecular flexibility index (Phi) is 2.98. The van der Waals surface area contributed by atoms with Gasteiger partial charge in [0, 0.05) is 17.2 Å². The number of ether oxygens (including phenoxy) is 1. The highest BCUT2D eigenvalue weighted by Crippen LogP contribution is 2.46. The predicted molar refractivity (Wildman–Crippen MR) is 87.5 cm³/mol. The lowest BCUT2D eigenvalue weighted by molar-refractivity contribution is -0.110. The maximum atomic E-state index is 11.8. The van der Waals surface area contributed by atoms with Crippen molar-refractivity contribution in [3.05, 3.63) is 77.4 Å². The summed E-state index contributed by atoms with van der Waals surface area (Å²) in [4.78, 5) is 11.8. The number of benzene rings is 2. The van der Waals surface area contributed by atoms with E-state index in [4.69, 9.17) is 10.5 Å². The number of ketones is 1.